The van der Waals surface area contributed by atoms with Crippen molar-refractivity contribution < 1.29 is 14.6 Å². The van der Waals surface area contributed by atoms with E-state index in [4.69, 9.17) is 15.6 Å². The average molecular weight is 737 g/mol. The molecule has 0 unspecified atom stereocenters. The highest BCUT2D eigenvalue weighted by atomic mass is 32.2. The van der Waals surface area contributed by atoms with Crippen molar-refractivity contribution in [3.05, 3.63) is 83.3 Å². The lowest BCUT2D eigenvalue weighted by Crippen LogP contribution is -2.50. The number of nitrogen functional groups attached to an aromatic ring is 1. The Labute approximate surface area is 314 Å². The topological polar surface area (TPSA) is 128 Å². The Bertz CT molecular complexity index is 1990. The molecule has 11 heteroatoms. The molecule has 4 N–H and O–H groups in total. The van der Waals surface area contributed by atoms with Crippen LogP contribution in [0.2, 0.25) is 0 Å². The predicted molar refractivity (Wildman–Crippen MR) is 210 cm³/mol. The van der Waals surface area contributed by atoms with Crippen LogP contribution in [0.3, 0.4) is 0 Å². The quantitative estimate of drug-likeness (QED) is 0.0428. The number of carbonyl (C=O) groups excluding carboxylic acids is 1. The summed E-state index contributed by atoms with van der Waals surface area (Å²) in [7, 11) is 0. The van der Waals surface area contributed by atoms with Crippen LogP contribution in [0.1, 0.15) is 83.6 Å². The Morgan fingerprint density at radius 2 is 1.83 bits per heavy atom. The van der Waals surface area contributed by atoms with Gasteiger partial charge in [0.15, 0.2) is 5.82 Å². The lowest BCUT2D eigenvalue weighted by molar-refractivity contribution is -0.134. The Hall–Kier alpha value is -3.93. The van der Waals surface area contributed by atoms with E-state index in [1.807, 2.05) is 65.2 Å². The maximum Gasteiger partial charge on any atom is 0.365 e. The van der Waals surface area contributed by atoms with E-state index in [0.717, 1.165) is 65.8 Å². The van der Waals surface area contributed by atoms with Crippen molar-refractivity contribution in [2.24, 2.45) is 33.7 Å². The molecular weight excluding hydrogens is 689 g/mol. The highest BCUT2D eigenvalue weighted by Gasteiger charge is 2.59. The molecule has 2 heterocycles. The highest BCUT2D eigenvalue weighted by molar-refractivity contribution is 8.15. The van der Waals surface area contributed by atoms with E-state index in [0.29, 0.717) is 34.7 Å². The average Bonchev–Trinajstić information content (AvgIpc) is 3.84. The summed E-state index contributed by atoms with van der Waals surface area (Å²) in [6.45, 7) is 7.04. The van der Waals surface area contributed by atoms with Crippen molar-refractivity contribution >= 4 is 44.8 Å². The first-order valence-electron chi connectivity index (χ1n) is 18.7. The van der Waals surface area contributed by atoms with Gasteiger partial charge < -0.3 is 15.6 Å². The molecular formula is C41H48N6O3S2. The van der Waals surface area contributed by atoms with Crippen LogP contribution in [0.25, 0.3) is 17.1 Å². The number of nitrogens with two attached hydrogens (primary N) is 1. The number of fused-ring (bicyclic) bond motifs is 5. The zero-order valence-electron chi connectivity index (χ0n) is 30.1. The van der Waals surface area contributed by atoms with Crippen molar-refractivity contribution in [1.82, 2.24) is 14.8 Å². The minimum atomic E-state index is -0.542. The number of hydrogen-bond acceptors (Lipinski definition) is 10. The van der Waals surface area contributed by atoms with Crippen molar-refractivity contribution in [2.45, 2.75) is 89.3 Å². The van der Waals surface area contributed by atoms with Crippen LogP contribution in [-0.2, 0) is 9.53 Å². The highest BCUT2D eigenvalue weighted by Crippen LogP contribution is 2.68. The minimum absolute atomic E-state index is 0.120. The van der Waals surface area contributed by atoms with Gasteiger partial charge in [-0.1, -0.05) is 61.9 Å². The fourth-order valence-electron chi connectivity index (χ4n) is 10.4. The number of benzene rings is 2. The molecule has 9 nitrogen and oxygen atoms in total. The smallest absolute Gasteiger partial charge is 0.365 e. The number of anilines is 2. The van der Waals surface area contributed by atoms with Crippen molar-refractivity contribution in [2.75, 3.05) is 17.8 Å². The summed E-state index contributed by atoms with van der Waals surface area (Å²) < 4.78 is 7.41. The zero-order valence-corrected chi connectivity index (χ0v) is 31.8. The van der Waals surface area contributed by atoms with Gasteiger partial charge >= 0.3 is 5.97 Å². The molecule has 2 aromatic carbocycles. The first kappa shape index (κ1) is 35.1. The number of carbonyl (C=O) groups is 1. The number of aliphatic hydroxyl groups excluding tert-OH is 1. The molecule has 3 fully saturated rings. The summed E-state index contributed by atoms with van der Waals surface area (Å²) in [6.07, 6.45) is 11.0. The molecule has 3 saturated carbocycles. The molecule has 0 spiro atoms. The monoisotopic (exact) mass is 736 g/mol. The van der Waals surface area contributed by atoms with Gasteiger partial charge in [-0.2, -0.15) is 5.10 Å². The van der Waals surface area contributed by atoms with Crippen LogP contribution < -0.4 is 11.2 Å². The molecule has 4 aromatic rings. The molecule has 4 aliphatic carbocycles. The summed E-state index contributed by atoms with van der Waals surface area (Å²) in [5.41, 5.74) is 15.6. The fourth-order valence-corrected chi connectivity index (χ4v) is 12.0. The third-order valence-electron chi connectivity index (χ3n) is 12.9. The number of hydrazone groups is 1. The molecule has 2 aromatic heterocycles. The van der Waals surface area contributed by atoms with Crippen LogP contribution in [0, 0.1) is 28.6 Å². The molecule has 4 aliphatic rings. The van der Waals surface area contributed by atoms with Gasteiger partial charge in [-0.15, -0.1) is 21.5 Å². The maximum atomic E-state index is 13.2. The number of aromatic nitrogens is 3. The molecule has 0 aliphatic heterocycles. The second-order valence-electron chi connectivity index (χ2n) is 15.5. The van der Waals surface area contributed by atoms with Crippen LogP contribution >= 0.6 is 23.1 Å². The van der Waals surface area contributed by atoms with Gasteiger partial charge in [-0.05, 0) is 140 Å². The number of ether oxygens (including phenoxy) is 1. The lowest BCUT2D eigenvalue weighted by atomic mass is 9.47. The number of para-hydroxylation sites is 2. The van der Waals surface area contributed by atoms with E-state index in [1.165, 1.54) is 30.4 Å². The molecule has 0 radical (unpaired) electrons. The standard InChI is InChI=1S/C41H48N6O3S2/c1-4-50-38(49)37(45-43-26-11-7-5-8-12-26)52-39-46-44-36(47(39)27-13-9-6-10-14-27)34-30(24-51-35(34)42)32-18-17-31-29-16-15-25-23-28(48)19-21-40(25,2)33(29)20-22-41(31,32)3/h5-15,24,28-29,31-33,43,48H,4,16-23,42H2,1-3H3/b45-37-/t28-,29+,31+,32-,33+,40+,41+/m1/s1. The molecule has 7 atom stereocenters. The summed E-state index contributed by atoms with van der Waals surface area (Å²) in [6, 6.07) is 19.5. The summed E-state index contributed by atoms with van der Waals surface area (Å²) in [4.78, 5) is 13.2. The molecule has 0 bridgehead atoms. The van der Waals surface area contributed by atoms with E-state index in [-0.39, 0.29) is 28.6 Å². The third-order valence-corrected chi connectivity index (χ3v) is 14.6. The zero-order chi connectivity index (χ0) is 36.0. The van der Waals surface area contributed by atoms with Crippen molar-refractivity contribution in [3.8, 4) is 17.1 Å². The van der Waals surface area contributed by atoms with Gasteiger partial charge in [0.1, 0.15) is 0 Å². The van der Waals surface area contributed by atoms with E-state index in [1.54, 1.807) is 18.3 Å². The second-order valence-corrected chi connectivity index (χ2v) is 17.3. The Morgan fingerprint density at radius 1 is 1.06 bits per heavy atom. The Morgan fingerprint density at radius 3 is 2.60 bits per heavy atom. The number of rotatable bonds is 7. The first-order chi connectivity index (χ1) is 25.2. The van der Waals surface area contributed by atoms with E-state index in [2.05, 4.69) is 40.9 Å². The number of allylic oxidation sites excluding steroid dienone is 1. The van der Waals surface area contributed by atoms with Crippen LogP contribution in [0.5, 0.6) is 0 Å². The maximum absolute atomic E-state index is 13.2. The van der Waals surface area contributed by atoms with Crippen LogP contribution in [0.15, 0.2) is 88.0 Å². The second kappa shape index (κ2) is 14.1. The van der Waals surface area contributed by atoms with Crippen LogP contribution in [0.4, 0.5) is 10.7 Å². The first-order valence-corrected chi connectivity index (χ1v) is 20.4. The Kier molecular flexibility index (Phi) is 9.55. The summed E-state index contributed by atoms with van der Waals surface area (Å²) in [5, 5.41) is 28.1. The van der Waals surface area contributed by atoms with E-state index >= 15 is 0 Å². The summed E-state index contributed by atoms with van der Waals surface area (Å²) >= 11 is 2.70. The number of aliphatic hydroxyl groups is 1. The van der Waals surface area contributed by atoms with E-state index in [9.17, 15) is 9.90 Å². The van der Waals surface area contributed by atoms with Gasteiger partial charge in [0.25, 0.3) is 0 Å². The normalized spacial score (nSPS) is 29.8. The number of nitrogens with one attached hydrogen (secondary N) is 1. The number of thioether (sulfide) groups is 1. The third kappa shape index (κ3) is 6.08. The SMILES string of the molecule is CCOC(=O)/C(=N/Nc1ccccc1)Sc1nnc(-c2c([C@H]3CC[C@H]4[C@@H]5CC=C6C[C@H](O)CC[C@]6(C)[C@H]5CC[C@]34C)csc2N)n1-c1ccccc1. The van der Waals surface area contributed by atoms with Crippen LogP contribution in [-0.4, -0.2) is 43.6 Å². The lowest BCUT2D eigenvalue weighted by Gasteiger charge is -2.58. The molecule has 272 valence electrons. The largest absolute Gasteiger partial charge is 0.461 e. The molecule has 0 amide bonds. The number of thiophene rings is 1. The van der Waals surface area contributed by atoms with Gasteiger partial charge in [0, 0.05) is 5.69 Å². The van der Waals surface area contributed by atoms with Crippen molar-refractivity contribution in [1.29, 1.82) is 0 Å². The number of esters is 1. The fraction of sp³-hybridized carbons (Fsp3) is 0.463. The van der Waals surface area contributed by atoms with E-state index < -0.39 is 5.97 Å². The van der Waals surface area contributed by atoms with Gasteiger partial charge in [0.05, 0.1) is 29.0 Å². The molecule has 52 heavy (non-hydrogen) atoms. The Balaban J connectivity index is 1.15. The minimum Gasteiger partial charge on any atom is -0.461 e. The molecule has 8 rings (SSSR count). The van der Waals surface area contributed by atoms with Gasteiger partial charge in [-0.25, -0.2) is 4.79 Å². The summed E-state index contributed by atoms with van der Waals surface area (Å²) in [5.74, 6) is 2.44. The van der Waals surface area contributed by atoms with Crippen molar-refractivity contribution in [3.63, 3.8) is 0 Å². The number of nitrogens with zero attached hydrogens (tertiary/aromatic N) is 4. The number of hydrogen-bond donors (Lipinski definition) is 3. The van der Waals surface area contributed by atoms with Gasteiger partial charge in [-0.3, -0.25) is 9.99 Å². The molecule has 0 saturated heterocycles. The van der Waals surface area contributed by atoms with Gasteiger partial charge in [0.2, 0.25) is 10.2 Å². The predicted octanol–water partition coefficient (Wildman–Crippen LogP) is 9.07.